The van der Waals surface area contributed by atoms with Crippen LogP contribution in [0.1, 0.15) is 34.1 Å². The van der Waals surface area contributed by atoms with Crippen molar-refractivity contribution in [3.63, 3.8) is 0 Å². The van der Waals surface area contributed by atoms with E-state index in [9.17, 15) is 18.0 Å². The number of carbonyl (C=O) groups excluding carboxylic acids is 2. The fraction of sp³-hybridized carbons (Fsp3) is 0.833. The zero-order valence-electron chi connectivity index (χ0n) is 11.7. The lowest BCUT2D eigenvalue weighted by Gasteiger charge is -2.23. The van der Waals surface area contributed by atoms with Crippen molar-refractivity contribution in [1.82, 2.24) is 5.32 Å². The van der Waals surface area contributed by atoms with Crippen LogP contribution in [-0.2, 0) is 24.2 Å². The van der Waals surface area contributed by atoms with Crippen LogP contribution in [0.3, 0.4) is 0 Å². The second-order valence-electron chi connectivity index (χ2n) is 5.86. The highest BCUT2D eigenvalue weighted by molar-refractivity contribution is 7.91. The maximum Gasteiger partial charge on any atom is 0.328 e. The summed E-state index contributed by atoms with van der Waals surface area (Å²) < 4.78 is 27.7. The summed E-state index contributed by atoms with van der Waals surface area (Å²) in [5, 5.41) is 2.50. The summed E-state index contributed by atoms with van der Waals surface area (Å²) in [6, 6.07) is -0.782. The Hall–Kier alpha value is -1.11. The normalized spacial score (nSPS) is 23.7. The summed E-state index contributed by atoms with van der Waals surface area (Å²) >= 11 is 0. The van der Waals surface area contributed by atoms with E-state index in [1.807, 2.05) is 0 Å². The van der Waals surface area contributed by atoms with Gasteiger partial charge in [-0.3, -0.25) is 4.79 Å². The second kappa shape index (κ2) is 5.48. The third-order valence-corrected chi connectivity index (χ3v) is 4.49. The monoisotopic (exact) mass is 291 g/mol. The first kappa shape index (κ1) is 15.9. The molecule has 6 nitrogen and oxygen atoms in total. The highest BCUT2D eigenvalue weighted by Gasteiger charge is 2.34. The van der Waals surface area contributed by atoms with Crippen molar-refractivity contribution >= 4 is 21.7 Å². The van der Waals surface area contributed by atoms with Gasteiger partial charge in [0.2, 0.25) is 5.91 Å². The largest absolute Gasteiger partial charge is 0.458 e. The predicted molar refractivity (Wildman–Crippen MR) is 70.2 cm³/mol. The molecule has 0 aliphatic carbocycles. The van der Waals surface area contributed by atoms with Crippen molar-refractivity contribution in [2.45, 2.75) is 45.8 Å². The van der Waals surface area contributed by atoms with E-state index in [-0.39, 0.29) is 11.5 Å². The first-order chi connectivity index (χ1) is 8.50. The topological polar surface area (TPSA) is 89.5 Å². The van der Waals surface area contributed by atoms with Gasteiger partial charge in [-0.15, -0.1) is 0 Å². The number of rotatable bonds is 3. The predicted octanol–water partition coefficient (Wildman–Crippen LogP) is 0.268. The maximum atomic E-state index is 11.8. The van der Waals surface area contributed by atoms with Crippen molar-refractivity contribution in [1.29, 1.82) is 0 Å². The van der Waals surface area contributed by atoms with Gasteiger partial charge in [0.15, 0.2) is 9.84 Å². The second-order valence-corrected chi connectivity index (χ2v) is 8.09. The molecule has 0 aromatic carbocycles. The molecule has 7 heteroatoms. The van der Waals surface area contributed by atoms with E-state index in [1.165, 1.54) is 6.92 Å². The van der Waals surface area contributed by atoms with Crippen molar-refractivity contribution < 1.29 is 22.7 Å². The third kappa shape index (κ3) is 5.18. The first-order valence-electron chi connectivity index (χ1n) is 6.24. The molecule has 1 heterocycles. The molecule has 0 radical (unpaired) electrons. The number of carbonyl (C=O) groups is 2. The van der Waals surface area contributed by atoms with Crippen molar-refractivity contribution in [3.8, 4) is 0 Å². The van der Waals surface area contributed by atoms with E-state index in [4.69, 9.17) is 4.74 Å². The Kier molecular flexibility index (Phi) is 4.60. The number of esters is 1. The molecule has 0 bridgehead atoms. The number of amides is 1. The minimum atomic E-state index is -3.10. The van der Waals surface area contributed by atoms with Gasteiger partial charge in [-0.2, -0.15) is 0 Å². The Morgan fingerprint density at radius 1 is 1.32 bits per heavy atom. The summed E-state index contributed by atoms with van der Waals surface area (Å²) in [5.74, 6) is -1.60. The van der Waals surface area contributed by atoms with Gasteiger partial charge < -0.3 is 10.1 Å². The first-order valence-corrected chi connectivity index (χ1v) is 8.06. The average Bonchev–Trinajstić information content (AvgIpc) is 2.56. The molecule has 1 saturated heterocycles. The summed E-state index contributed by atoms with van der Waals surface area (Å²) in [6.45, 7) is 6.74. The van der Waals surface area contributed by atoms with Gasteiger partial charge in [-0.25, -0.2) is 13.2 Å². The molecule has 1 aliphatic heterocycles. The fourth-order valence-electron chi connectivity index (χ4n) is 1.78. The molecule has 110 valence electrons. The van der Waals surface area contributed by atoms with Crippen molar-refractivity contribution in [3.05, 3.63) is 0 Å². The standard InChI is InChI=1S/C12H21NO5S/c1-8(11(15)18-12(2,3)4)13-10(14)9-5-6-19(16,17)7-9/h8-9H,5-7H2,1-4H3,(H,13,14)/t8-,9?/m1/s1. The molecule has 1 unspecified atom stereocenters. The Balaban J connectivity index is 2.51. The van der Waals surface area contributed by atoms with Gasteiger partial charge in [0.1, 0.15) is 11.6 Å². The number of hydrogen-bond acceptors (Lipinski definition) is 5. The molecule has 1 aliphatic rings. The van der Waals surface area contributed by atoms with Crippen LogP contribution in [0.4, 0.5) is 0 Å². The molecule has 1 rings (SSSR count). The maximum absolute atomic E-state index is 11.8. The van der Waals surface area contributed by atoms with E-state index in [0.717, 1.165) is 0 Å². The lowest BCUT2D eigenvalue weighted by molar-refractivity contribution is -0.158. The van der Waals surface area contributed by atoms with Crippen LogP contribution in [0.15, 0.2) is 0 Å². The SMILES string of the molecule is C[C@@H](NC(=O)C1CCS(=O)(=O)C1)C(=O)OC(C)(C)C. The van der Waals surface area contributed by atoms with E-state index < -0.39 is 39.3 Å². The molecule has 1 N–H and O–H groups in total. The van der Waals surface area contributed by atoms with Gasteiger partial charge in [0.25, 0.3) is 0 Å². The molecule has 0 spiro atoms. The van der Waals surface area contributed by atoms with Gasteiger partial charge in [-0.1, -0.05) is 0 Å². The molecular formula is C12H21NO5S. The Morgan fingerprint density at radius 2 is 1.89 bits per heavy atom. The number of sulfone groups is 1. The molecule has 1 fully saturated rings. The van der Waals surface area contributed by atoms with Crippen LogP contribution in [0.2, 0.25) is 0 Å². The van der Waals surface area contributed by atoms with Gasteiger partial charge in [0, 0.05) is 0 Å². The van der Waals surface area contributed by atoms with E-state index >= 15 is 0 Å². The van der Waals surface area contributed by atoms with E-state index in [0.29, 0.717) is 6.42 Å². The van der Waals surface area contributed by atoms with E-state index in [2.05, 4.69) is 5.32 Å². The smallest absolute Gasteiger partial charge is 0.328 e. The Bertz CT molecular complexity index is 463. The number of ether oxygens (including phenoxy) is 1. The average molecular weight is 291 g/mol. The zero-order valence-corrected chi connectivity index (χ0v) is 12.5. The van der Waals surface area contributed by atoms with Crippen LogP contribution in [-0.4, -0.2) is 43.4 Å². The van der Waals surface area contributed by atoms with E-state index in [1.54, 1.807) is 20.8 Å². The van der Waals surface area contributed by atoms with Crippen LogP contribution >= 0.6 is 0 Å². The lowest BCUT2D eigenvalue weighted by atomic mass is 10.1. The molecule has 1 amide bonds. The molecule has 0 saturated carbocycles. The molecule has 0 aromatic rings. The fourth-order valence-corrected chi connectivity index (χ4v) is 3.52. The number of nitrogens with one attached hydrogen (secondary N) is 1. The Labute approximate surface area is 113 Å². The molecule has 19 heavy (non-hydrogen) atoms. The third-order valence-electron chi connectivity index (χ3n) is 2.72. The Morgan fingerprint density at radius 3 is 2.32 bits per heavy atom. The van der Waals surface area contributed by atoms with Gasteiger partial charge in [-0.05, 0) is 34.1 Å². The van der Waals surface area contributed by atoms with Crippen LogP contribution in [0, 0.1) is 5.92 Å². The summed E-state index contributed by atoms with van der Waals surface area (Å²) in [4.78, 5) is 23.5. The van der Waals surface area contributed by atoms with Crippen LogP contribution < -0.4 is 5.32 Å². The molecular weight excluding hydrogens is 270 g/mol. The minimum Gasteiger partial charge on any atom is -0.458 e. The highest BCUT2D eigenvalue weighted by atomic mass is 32.2. The number of hydrogen-bond donors (Lipinski definition) is 1. The summed E-state index contributed by atoms with van der Waals surface area (Å²) in [6.07, 6.45) is 0.315. The molecule has 0 aromatic heterocycles. The van der Waals surface area contributed by atoms with Crippen molar-refractivity contribution in [2.75, 3.05) is 11.5 Å². The van der Waals surface area contributed by atoms with Crippen molar-refractivity contribution in [2.24, 2.45) is 5.92 Å². The lowest BCUT2D eigenvalue weighted by Crippen LogP contribution is -2.44. The van der Waals surface area contributed by atoms with Crippen LogP contribution in [0.5, 0.6) is 0 Å². The quantitative estimate of drug-likeness (QED) is 0.754. The van der Waals surface area contributed by atoms with Gasteiger partial charge >= 0.3 is 5.97 Å². The molecule has 2 atom stereocenters. The summed E-state index contributed by atoms with van der Waals surface area (Å²) in [7, 11) is -3.10. The highest BCUT2D eigenvalue weighted by Crippen LogP contribution is 2.18. The minimum absolute atomic E-state index is 0.0336. The zero-order chi connectivity index (χ0) is 14.8. The van der Waals surface area contributed by atoms with Gasteiger partial charge in [0.05, 0.1) is 17.4 Å². The van der Waals surface area contributed by atoms with Crippen LogP contribution in [0.25, 0.3) is 0 Å². The summed E-state index contributed by atoms with van der Waals surface area (Å²) in [5.41, 5.74) is -0.618.